The first kappa shape index (κ1) is 38.0. The van der Waals surface area contributed by atoms with Gasteiger partial charge in [-0.05, 0) is 97.8 Å². The summed E-state index contributed by atoms with van der Waals surface area (Å²) in [5.74, 6) is 1.64. The van der Waals surface area contributed by atoms with Crippen molar-refractivity contribution in [2.45, 2.75) is 34.7 Å². The Hall–Kier alpha value is -6.26. The maximum Gasteiger partial charge on any atom is 0.191 e. The Kier molecular flexibility index (Phi) is 11.9. The fraction of sp³-hybridized carbons (Fsp3) is 0.200. The summed E-state index contributed by atoms with van der Waals surface area (Å²) in [4.78, 5) is 1.66. The quantitative estimate of drug-likeness (QED) is 0.111. The van der Waals surface area contributed by atoms with E-state index in [2.05, 4.69) is 79.0 Å². The van der Waals surface area contributed by atoms with E-state index in [1.807, 2.05) is 102 Å². The molecule has 0 unspecified atom stereocenters. The number of hydrogen-bond donors (Lipinski definition) is 0. The van der Waals surface area contributed by atoms with Crippen LogP contribution in [0.25, 0.3) is 33.9 Å². The molecule has 8 aromatic rings. The van der Waals surface area contributed by atoms with Gasteiger partial charge >= 0.3 is 0 Å². The number of thioether (sulfide) groups is 2. The van der Waals surface area contributed by atoms with Gasteiger partial charge in [0.15, 0.2) is 10.3 Å². The lowest BCUT2D eigenvalue weighted by atomic mass is 10.1. The molecule has 14 nitrogen and oxygen atoms in total. The van der Waals surface area contributed by atoms with Gasteiger partial charge in [-0.1, -0.05) is 53.0 Å². The van der Waals surface area contributed by atoms with Gasteiger partial charge in [-0.15, -0.1) is 30.6 Å². The first-order valence-electron chi connectivity index (χ1n) is 17.6. The second kappa shape index (κ2) is 17.5. The van der Waals surface area contributed by atoms with Crippen molar-refractivity contribution in [1.82, 2.24) is 59.5 Å². The second-order valence-corrected chi connectivity index (χ2v) is 15.3. The van der Waals surface area contributed by atoms with E-state index in [0.717, 1.165) is 55.7 Å². The summed E-state index contributed by atoms with van der Waals surface area (Å²) in [6.45, 7) is 4.31. The highest BCUT2D eigenvalue weighted by molar-refractivity contribution is 7.99. The van der Waals surface area contributed by atoms with Crippen LogP contribution in [0.2, 0.25) is 0 Å². The third-order valence-corrected chi connectivity index (χ3v) is 11.2. The van der Waals surface area contributed by atoms with E-state index in [1.165, 1.54) is 11.1 Å². The van der Waals surface area contributed by atoms with Gasteiger partial charge in [-0.3, -0.25) is 0 Å². The van der Waals surface area contributed by atoms with Crippen LogP contribution in [0.4, 0.5) is 0 Å². The molecular formula is C40H40N12O2S2. The molecule has 284 valence electrons. The van der Waals surface area contributed by atoms with E-state index in [1.54, 1.807) is 66.1 Å². The SMILES string of the molecule is COc1ccc(-c2cn(-c3cccc([C@H](C)Sc4nncn4C)c3)nn2)cc1.COc1ccc(-c2cnn(-c3cccc([C@H](C)Sc4nncn4C)c3)n2)cc1. The number of aryl methyl sites for hydroxylation is 2. The zero-order valence-electron chi connectivity index (χ0n) is 31.7. The maximum atomic E-state index is 5.21. The molecule has 2 atom stereocenters. The predicted molar refractivity (Wildman–Crippen MR) is 217 cm³/mol. The molecule has 0 spiro atoms. The van der Waals surface area contributed by atoms with Crippen LogP contribution in [0.3, 0.4) is 0 Å². The average Bonchev–Trinajstić information content (AvgIpc) is 4.08. The minimum atomic E-state index is 0.222. The molecule has 0 aliphatic carbocycles. The van der Waals surface area contributed by atoms with Gasteiger partial charge in [0.1, 0.15) is 35.5 Å². The van der Waals surface area contributed by atoms with Crippen LogP contribution in [-0.2, 0) is 14.1 Å². The fourth-order valence-electron chi connectivity index (χ4n) is 5.60. The van der Waals surface area contributed by atoms with Crippen LogP contribution in [-0.4, -0.2) is 73.7 Å². The van der Waals surface area contributed by atoms with E-state index in [-0.39, 0.29) is 10.5 Å². The Morgan fingerprint density at radius 3 is 1.64 bits per heavy atom. The number of methoxy groups -OCH3 is 2. The van der Waals surface area contributed by atoms with Crippen LogP contribution in [0.15, 0.2) is 132 Å². The minimum Gasteiger partial charge on any atom is -0.497 e. The summed E-state index contributed by atoms with van der Waals surface area (Å²) in [5, 5.41) is 36.1. The van der Waals surface area contributed by atoms with Gasteiger partial charge in [-0.2, -0.15) is 9.90 Å². The van der Waals surface area contributed by atoms with E-state index < -0.39 is 0 Å². The zero-order valence-corrected chi connectivity index (χ0v) is 33.3. The highest BCUT2D eigenvalue weighted by atomic mass is 32.2. The van der Waals surface area contributed by atoms with Crippen molar-refractivity contribution in [3.05, 3.63) is 133 Å². The van der Waals surface area contributed by atoms with Crippen LogP contribution < -0.4 is 9.47 Å². The third-order valence-electron chi connectivity index (χ3n) is 8.84. The average molecular weight is 785 g/mol. The molecule has 0 N–H and O–H groups in total. The van der Waals surface area contributed by atoms with Crippen molar-refractivity contribution < 1.29 is 9.47 Å². The first-order chi connectivity index (χ1) is 27.3. The van der Waals surface area contributed by atoms with Gasteiger partial charge in [0.2, 0.25) is 0 Å². The summed E-state index contributed by atoms with van der Waals surface area (Å²) in [5.41, 5.74) is 7.87. The van der Waals surface area contributed by atoms with Gasteiger partial charge in [0.25, 0.3) is 0 Å². The molecule has 0 amide bonds. The molecule has 56 heavy (non-hydrogen) atoms. The number of benzene rings is 4. The molecule has 4 aromatic heterocycles. The van der Waals surface area contributed by atoms with Crippen molar-refractivity contribution in [3.63, 3.8) is 0 Å². The van der Waals surface area contributed by atoms with E-state index in [4.69, 9.17) is 9.47 Å². The molecule has 16 heteroatoms. The lowest BCUT2D eigenvalue weighted by molar-refractivity contribution is 0.415. The van der Waals surface area contributed by atoms with Crippen LogP contribution in [0.5, 0.6) is 11.5 Å². The first-order valence-corrected chi connectivity index (χ1v) is 19.4. The Morgan fingerprint density at radius 2 is 1.12 bits per heavy atom. The molecule has 0 radical (unpaired) electrons. The van der Waals surface area contributed by atoms with Gasteiger partial charge < -0.3 is 18.6 Å². The zero-order chi connectivity index (χ0) is 39.0. The molecular weight excluding hydrogens is 745 g/mol. The van der Waals surface area contributed by atoms with Gasteiger partial charge in [-0.25, -0.2) is 4.68 Å². The normalized spacial score (nSPS) is 12.1. The molecule has 0 bridgehead atoms. The third kappa shape index (κ3) is 8.98. The molecule has 8 rings (SSSR count). The summed E-state index contributed by atoms with van der Waals surface area (Å²) >= 11 is 3.34. The van der Waals surface area contributed by atoms with Gasteiger partial charge in [0.05, 0.1) is 38.0 Å². The highest BCUT2D eigenvalue weighted by Gasteiger charge is 2.15. The van der Waals surface area contributed by atoms with Crippen LogP contribution in [0.1, 0.15) is 35.5 Å². The second-order valence-electron chi connectivity index (χ2n) is 12.7. The maximum absolute atomic E-state index is 5.21. The van der Waals surface area contributed by atoms with Gasteiger partial charge in [0, 0.05) is 35.7 Å². The van der Waals surface area contributed by atoms with Crippen molar-refractivity contribution in [2.75, 3.05) is 14.2 Å². The molecule has 0 saturated carbocycles. The Morgan fingerprint density at radius 1 is 0.607 bits per heavy atom. The molecule has 4 heterocycles. The van der Waals surface area contributed by atoms with Crippen LogP contribution in [0, 0.1) is 0 Å². The van der Waals surface area contributed by atoms with Crippen molar-refractivity contribution in [3.8, 4) is 45.4 Å². The number of hydrogen-bond acceptors (Lipinski definition) is 12. The largest absolute Gasteiger partial charge is 0.497 e. The van der Waals surface area contributed by atoms with Crippen molar-refractivity contribution in [1.29, 1.82) is 0 Å². The fourth-order valence-corrected chi connectivity index (χ4v) is 7.41. The molecule has 0 saturated heterocycles. The monoisotopic (exact) mass is 784 g/mol. The lowest BCUT2D eigenvalue weighted by Gasteiger charge is -2.12. The topological polar surface area (TPSA) is 141 Å². The Labute approximate surface area is 332 Å². The van der Waals surface area contributed by atoms with E-state index >= 15 is 0 Å². The highest BCUT2D eigenvalue weighted by Crippen LogP contribution is 2.35. The number of rotatable bonds is 12. The van der Waals surface area contributed by atoms with E-state index in [0.29, 0.717) is 0 Å². The molecule has 0 aliphatic heterocycles. The van der Waals surface area contributed by atoms with E-state index in [9.17, 15) is 0 Å². The number of aromatic nitrogens is 12. The molecule has 4 aromatic carbocycles. The summed E-state index contributed by atoms with van der Waals surface area (Å²) < 4.78 is 16.0. The molecule has 0 fully saturated rings. The Bertz CT molecular complexity index is 2320. The van der Waals surface area contributed by atoms with Crippen molar-refractivity contribution >= 4 is 23.5 Å². The number of nitrogens with zero attached hydrogens (tertiary/aromatic N) is 12. The summed E-state index contributed by atoms with van der Waals surface area (Å²) in [6, 6.07) is 32.1. The smallest absolute Gasteiger partial charge is 0.191 e. The lowest BCUT2D eigenvalue weighted by Crippen LogP contribution is -2.01. The van der Waals surface area contributed by atoms with Crippen LogP contribution >= 0.6 is 23.5 Å². The molecule has 0 aliphatic rings. The summed E-state index contributed by atoms with van der Waals surface area (Å²) in [7, 11) is 7.20. The summed E-state index contributed by atoms with van der Waals surface area (Å²) in [6.07, 6.45) is 7.12. The minimum absolute atomic E-state index is 0.222. The Balaban J connectivity index is 0.000000172. The predicted octanol–water partition coefficient (Wildman–Crippen LogP) is 7.85. The van der Waals surface area contributed by atoms with Crippen molar-refractivity contribution in [2.24, 2.45) is 14.1 Å². The standard InChI is InChI=1S/2C20H20N6OS/c1-14(28-20-23-21-13-25(20)2)16-5-4-6-17(11-16)26-12-19(22-24-26)15-7-9-18(27-3)10-8-15;1-14(28-20-23-21-13-25(20)2)16-5-4-6-17(11-16)26-22-12-19(24-26)15-7-9-18(27-3)10-8-15/h2*4-14H,1-3H3/t2*14-/m00/s1. The number of ether oxygens (including phenoxy) is 2.